The second-order valence-electron chi connectivity index (χ2n) is 6.53. The molecule has 7 heteroatoms. The molecule has 0 aliphatic rings. The number of aliphatic imine (C=N–C) groups is 1. The van der Waals surface area contributed by atoms with Gasteiger partial charge in [0.2, 0.25) is 5.91 Å². The van der Waals surface area contributed by atoms with Crippen LogP contribution in [0.25, 0.3) is 0 Å². The number of hydrogen-bond donors (Lipinski definition) is 3. The Morgan fingerprint density at radius 1 is 1.07 bits per heavy atom. The summed E-state index contributed by atoms with van der Waals surface area (Å²) in [7, 11) is 3.75. The van der Waals surface area contributed by atoms with Crippen molar-refractivity contribution in [2.75, 3.05) is 20.6 Å². The lowest BCUT2D eigenvalue weighted by molar-refractivity contribution is -0.117. The molecule has 148 valence electrons. The maximum absolute atomic E-state index is 11.9. The Bertz CT molecular complexity index is 846. The first-order valence-corrected chi connectivity index (χ1v) is 9.02. The van der Waals surface area contributed by atoms with Gasteiger partial charge in [-0.25, -0.2) is 0 Å². The van der Waals surface area contributed by atoms with Gasteiger partial charge in [-0.05, 0) is 35.7 Å². The molecule has 2 amide bonds. The number of nitrogens with one attached hydrogen (secondary N) is 2. The molecule has 0 saturated heterocycles. The first kappa shape index (κ1) is 21.0. The third-order valence-electron chi connectivity index (χ3n) is 4.33. The number of benzene rings is 2. The first-order chi connectivity index (χ1) is 13.4. The van der Waals surface area contributed by atoms with Gasteiger partial charge in [0, 0.05) is 32.7 Å². The number of aryl methyl sites for hydroxylation is 1. The predicted molar refractivity (Wildman–Crippen MR) is 111 cm³/mol. The number of guanidine groups is 1. The van der Waals surface area contributed by atoms with E-state index >= 15 is 0 Å². The molecular formula is C21H27N5O2. The molecule has 28 heavy (non-hydrogen) atoms. The van der Waals surface area contributed by atoms with E-state index in [1.165, 1.54) is 11.1 Å². The largest absolute Gasteiger partial charge is 0.368 e. The van der Waals surface area contributed by atoms with E-state index in [4.69, 9.17) is 5.73 Å². The molecule has 0 radical (unpaired) electrons. The van der Waals surface area contributed by atoms with E-state index in [2.05, 4.69) is 39.6 Å². The zero-order chi connectivity index (χ0) is 20.5. The number of primary amides is 1. The maximum Gasteiger partial charge on any atom is 0.251 e. The highest BCUT2D eigenvalue weighted by molar-refractivity contribution is 5.96. The van der Waals surface area contributed by atoms with Crippen LogP contribution in [0.5, 0.6) is 0 Å². The molecule has 0 unspecified atom stereocenters. The van der Waals surface area contributed by atoms with E-state index in [9.17, 15) is 9.59 Å². The van der Waals surface area contributed by atoms with Crippen molar-refractivity contribution in [3.63, 3.8) is 0 Å². The van der Waals surface area contributed by atoms with E-state index < -0.39 is 5.91 Å². The second kappa shape index (κ2) is 10.1. The minimum absolute atomic E-state index is 0.175. The van der Waals surface area contributed by atoms with Crippen LogP contribution in [-0.2, 0) is 17.9 Å². The third-order valence-corrected chi connectivity index (χ3v) is 4.33. The topological polar surface area (TPSA) is 99.8 Å². The fourth-order valence-electron chi connectivity index (χ4n) is 2.73. The van der Waals surface area contributed by atoms with Gasteiger partial charge in [-0.1, -0.05) is 36.4 Å². The number of carbonyl (C=O) groups is 2. The molecule has 0 aliphatic carbocycles. The fraction of sp³-hybridized carbons (Fsp3) is 0.286. The molecule has 0 spiro atoms. The zero-order valence-electron chi connectivity index (χ0n) is 16.5. The molecule has 0 bridgehead atoms. The Morgan fingerprint density at radius 3 is 2.36 bits per heavy atom. The zero-order valence-corrected chi connectivity index (χ0v) is 16.5. The predicted octanol–water partition coefficient (Wildman–Crippen LogP) is 1.42. The number of amides is 2. The van der Waals surface area contributed by atoms with Gasteiger partial charge in [-0.15, -0.1) is 0 Å². The Hall–Kier alpha value is -3.35. The molecule has 0 fully saturated rings. The summed E-state index contributed by atoms with van der Waals surface area (Å²) in [5, 5.41) is 5.79. The van der Waals surface area contributed by atoms with Crippen LogP contribution in [0.2, 0.25) is 0 Å². The summed E-state index contributed by atoms with van der Waals surface area (Å²) >= 11 is 0. The molecule has 7 nitrogen and oxygen atoms in total. The Kier molecular flexibility index (Phi) is 7.56. The summed E-state index contributed by atoms with van der Waals surface area (Å²) in [4.78, 5) is 29.0. The maximum atomic E-state index is 11.9. The summed E-state index contributed by atoms with van der Waals surface area (Å²) in [5.41, 5.74) is 9.01. The second-order valence-corrected chi connectivity index (χ2v) is 6.53. The van der Waals surface area contributed by atoms with Crippen LogP contribution in [-0.4, -0.2) is 43.3 Å². The Labute approximate surface area is 165 Å². The van der Waals surface area contributed by atoms with Crippen molar-refractivity contribution in [3.8, 4) is 0 Å². The number of hydrogen-bond acceptors (Lipinski definition) is 3. The van der Waals surface area contributed by atoms with Crippen molar-refractivity contribution in [3.05, 3.63) is 70.8 Å². The molecule has 2 aromatic rings. The van der Waals surface area contributed by atoms with Crippen LogP contribution < -0.4 is 16.4 Å². The van der Waals surface area contributed by atoms with E-state index in [-0.39, 0.29) is 12.5 Å². The van der Waals surface area contributed by atoms with Gasteiger partial charge in [-0.3, -0.25) is 14.6 Å². The molecule has 0 aromatic heterocycles. The van der Waals surface area contributed by atoms with Crippen LogP contribution in [0.3, 0.4) is 0 Å². The normalized spacial score (nSPS) is 11.0. The average Bonchev–Trinajstić information content (AvgIpc) is 2.68. The summed E-state index contributed by atoms with van der Waals surface area (Å²) in [5.74, 6) is -0.117. The highest BCUT2D eigenvalue weighted by Gasteiger charge is 2.09. The van der Waals surface area contributed by atoms with Gasteiger partial charge >= 0.3 is 0 Å². The third kappa shape index (κ3) is 6.12. The standard InChI is InChI=1S/C21H27N5O2/c1-15-6-4-5-7-18(15)14-26(3)21(23-2)25-12-16-8-10-17(11-9-16)20(28)24-13-19(22)27/h4-11H,12-14H2,1-3H3,(H2,22,27)(H,23,25)(H,24,28). The van der Waals surface area contributed by atoms with Crippen molar-refractivity contribution < 1.29 is 9.59 Å². The Morgan fingerprint density at radius 2 is 1.75 bits per heavy atom. The van der Waals surface area contributed by atoms with E-state index in [0.29, 0.717) is 12.1 Å². The van der Waals surface area contributed by atoms with Crippen LogP contribution in [0.15, 0.2) is 53.5 Å². The molecular weight excluding hydrogens is 354 g/mol. The monoisotopic (exact) mass is 381 g/mol. The quantitative estimate of drug-likeness (QED) is 0.499. The smallest absolute Gasteiger partial charge is 0.251 e. The van der Waals surface area contributed by atoms with Crippen molar-refractivity contribution in [1.29, 1.82) is 0 Å². The minimum Gasteiger partial charge on any atom is -0.368 e. The molecule has 0 heterocycles. The molecule has 0 saturated carbocycles. The number of nitrogens with zero attached hydrogens (tertiary/aromatic N) is 2. The van der Waals surface area contributed by atoms with Gasteiger partial charge < -0.3 is 21.3 Å². The molecule has 2 aromatic carbocycles. The van der Waals surface area contributed by atoms with Crippen molar-refractivity contribution in [2.24, 2.45) is 10.7 Å². The van der Waals surface area contributed by atoms with Gasteiger partial charge in [0.25, 0.3) is 5.91 Å². The summed E-state index contributed by atoms with van der Waals surface area (Å²) in [6, 6.07) is 15.4. The van der Waals surface area contributed by atoms with E-state index in [1.54, 1.807) is 19.2 Å². The highest BCUT2D eigenvalue weighted by Crippen LogP contribution is 2.10. The van der Waals surface area contributed by atoms with Crippen LogP contribution >= 0.6 is 0 Å². The summed E-state index contributed by atoms with van der Waals surface area (Å²) in [6.45, 7) is 3.26. The molecule has 0 atom stereocenters. The lowest BCUT2D eigenvalue weighted by atomic mass is 10.1. The number of nitrogens with two attached hydrogens (primary N) is 1. The number of carbonyl (C=O) groups excluding carboxylic acids is 2. The molecule has 2 rings (SSSR count). The highest BCUT2D eigenvalue weighted by atomic mass is 16.2. The van der Waals surface area contributed by atoms with Crippen LogP contribution in [0.4, 0.5) is 0 Å². The van der Waals surface area contributed by atoms with Gasteiger partial charge in [0.15, 0.2) is 5.96 Å². The lowest BCUT2D eigenvalue weighted by Crippen LogP contribution is -2.38. The Balaban J connectivity index is 1.91. The van der Waals surface area contributed by atoms with Gasteiger partial charge in [0.1, 0.15) is 0 Å². The van der Waals surface area contributed by atoms with E-state index in [1.807, 2.05) is 31.3 Å². The van der Waals surface area contributed by atoms with Gasteiger partial charge in [-0.2, -0.15) is 0 Å². The van der Waals surface area contributed by atoms with E-state index in [0.717, 1.165) is 18.1 Å². The number of rotatable bonds is 7. The van der Waals surface area contributed by atoms with Crippen molar-refractivity contribution in [2.45, 2.75) is 20.0 Å². The lowest BCUT2D eigenvalue weighted by Gasteiger charge is -2.23. The summed E-state index contributed by atoms with van der Waals surface area (Å²) < 4.78 is 0. The van der Waals surface area contributed by atoms with Crippen LogP contribution in [0, 0.1) is 6.92 Å². The fourth-order valence-corrected chi connectivity index (χ4v) is 2.73. The average molecular weight is 381 g/mol. The first-order valence-electron chi connectivity index (χ1n) is 9.02. The molecule has 0 aliphatic heterocycles. The van der Waals surface area contributed by atoms with Crippen molar-refractivity contribution >= 4 is 17.8 Å². The van der Waals surface area contributed by atoms with Gasteiger partial charge in [0.05, 0.1) is 6.54 Å². The minimum atomic E-state index is -0.574. The SMILES string of the molecule is CN=C(NCc1ccc(C(=O)NCC(N)=O)cc1)N(C)Cc1ccccc1C. The summed E-state index contributed by atoms with van der Waals surface area (Å²) in [6.07, 6.45) is 0. The van der Waals surface area contributed by atoms with Crippen molar-refractivity contribution in [1.82, 2.24) is 15.5 Å². The molecule has 4 N–H and O–H groups in total. The van der Waals surface area contributed by atoms with Crippen LogP contribution in [0.1, 0.15) is 27.0 Å².